The van der Waals surface area contributed by atoms with Crippen molar-refractivity contribution in [1.29, 1.82) is 0 Å². The zero-order chi connectivity index (χ0) is 12.5. The molecule has 2 aromatic carbocycles. The first-order chi connectivity index (χ1) is 8.75. The number of benzene rings is 1. The molecule has 21 heavy (non-hydrogen) atoms. The monoisotopic (exact) mass is 394 g/mol. The van der Waals surface area contributed by atoms with Crippen molar-refractivity contribution in [2.24, 2.45) is 0 Å². The molecule has 3 rings (SSSR count). The molecule has 0 bridgehead atoms. The molecule has 0 amide bonds. The molecule has 0 unspecified atom stereocenters. The van der Waals surface area contributed by atoms with Crippen LogP contribution in [0.2, 0.25) is 0 Å². The van der Waals surface area contributed by atoms with Gasteiger partial charge in [0.05, 0.1) is 5.69 Å². The zero-order valence-corrected chi connectivity index (χ0v) is 15.9. The molecule has 0 aliphatic rings. The summed E-state index contributed by atoms with van der Waals surface area (Å²) in [6.45, 7) is 4.46. The Balaban J connectivity index is 0.00000133. The van der Waals surface area contributed by atoms with Crippen LogP contribution in [-0.4, -0.2) is 4.98 Å². The molecule has 107 valence electrons. The maximum Gasteiger partial charge on any atom is 3.00 e. The summed E-state index contributed by atoms with van der Waals surface area (Å²) < 4.78 is 0. The normalized spacial score (nSPS) is 9.67. The van der Waals surface area contributed by atoms with E-state index >= 15 is 0 Å². The second-order valence-corrected chi connectivity index (χ2v) is 4.97. The van der Waals surface area contributed by atoms with E-state index in [0.29, 0.717) is 5.92 Å². The van der Waals surface area contributed by atoms with Crippen molar-refractivity contribution in [1.82, 2.24) is 4.98 Å². The largest absolute Gasteiger partial charge is 3.00 e. The average Bonchev–Trinajstić information content (AvgIpc) is 2.83. The third-order valence-electron chi connectivity index (χ3n) is 3.38. The molecule has 0 aliphatic heterocycles. The SMILES string of the molecule is CC(C)c1cc2c(-c3ccccn3)cccc2[cH-]1.[Cl-].[Cl-].[Zr+3]. The fourth-order valence-electron chi connectivity index (χ4n) is 2.34. The summed E-state index contributed by atoms with van der Waals surface area (Å²) in [5.41, 5.74) is 3.66. The van der Waals surface area contributed by atoms with Gasteiger partial charge in [-0.2, -0.15) is 6.07 Å². The zero-order valence-electron chi connectivity index (χ0n) is 12.0. The molecule has 1 radical (unpaired) electrons. The third-order valence-corrected chi connectivity index (χ3v) is 3.38. The van der Waals surface area contributed by atoms with Gasteiger partial charge in [-0.25, -0.2) is 0 Å². The predicted octanol–water partition coefficient (Wildman–Crippen LogP) is -1.25. The van der Waals surface area contributed by atoms with Gasteiger partial charge in [-0.15, -0.1) is 34.5 Å². The van der Waals surface area contributed by atoms with Gasteiger partial charge in [-0.3, -0.25) is 4.98 Å². The van der Waals surface area contributed by atoms with Crippen LogP contribution in [-0.2, 0) is 26.2 Å². The van der Waals surface area contributed by atoms with Gasteiger partial charge in [0.2, 0.25) is 0 Å². The van der Waals surface area contributed by atoms with E-state index in [9.17, 15) is 0 Å². The smallest absolute Gasteiger partial charge is 1.00 e. The van der Waals surface area contributed by atoms with Crippen molar-refractivity contribution in [2.45, 2.75) is 19.8 Å². The molecule has 0 fully saturated rings. The van der Waals surface area contributed by atoms with Crippen molar-refractivity contribution in [3.05, 3.63) is 60.3 Å². The molecule has 3 aromatic rings. The molecule has 0 N–H and O–H groups in total. The van der Waals surface area contributed by atoms with E-state index in [1.54, 1.807) is 0 Å². The maximum absolute atomic E-state index is 4.45. The average molecular weight is 396 g/mol. The van der Waals surface area contributed by atoms with Crippen LogP contribution in [0.15, 0.2) is 54.7 Å². The molecule has 0 saturated heterocycles. The molecule has 1 aromatic heterocycles. The second kappa shape index (κ2) is 8.78. The molecule has 1 heterocycles. The quantitative estimate of drug-likeness (QED) is 0.494. The number of pyridine rings is 1. The van der Waals surface area contributed by atoms with Gasteiger partial charge in [-0.05, 0) is 23.6 Å². The molecular formula is C17H16Cl2NZr. The Bertz CT molecular complexity index is 678. The van der Waals surface area contributed by atoms with Crippen LogP contribution in [0.3, 0.4) is 0 Å². The molecule has 1 nitrogen and oxygen atoms in total. The second-order valence-electron chi connectivity index (χ2n) is 4.97. The maximum atomic E-state index is 4.45. The van der Waals surface area contributed by atoms with Gasteiger partial charge >= 0.3 is 26.2 Å². The van der Waals surface area contributed by atoms with Gasteiger partial charge in [0.1, 0.15) is 0 Å². The van der Waals surface area contributed by atoms with Crippen molar-refractivity contribution >= 4 is 10.8 Å². The fourth-order valence-corrected chi connectivity index (χ4v) is 2.34. The van der Waals surface area contributed by atoms with Crippen LogP contribution in [0.4, 0.5) is 0 Å². The number of hydrogen-bond donors (Lipinski definition) is 0. The van der Waals surface area contributed by atoms with Crippen molar-refractivity contribution in [3.63, 3.8) is 0 Å². The van der Waals surface area contributed by atoms with Crippen LogP contribution in [0, 0.1) is 0 Å². The van der Waals surface area contributed by atoms with Crippen LogP contribution in [0.1, 0.15) is 25.3 Å². The van der Waals surface area contributed by atoms with Gasteiger partial charge in [-0.1, -0.05) is 26.0 Å². The topological polar surface area (TPSA) is 12.9 Å². The Morgan fingerprint density at radius 3 is 2.38 bits per heavy atom. The Kier molecular flexibility index (Phi) is 8.55. The van der Waals surface area contributed by atoms with Gasteiger partial charge in [0.25, 0.3) is 0 Å². The molecule has 0 spiro atoms. The van der Waals surface area contributed by atoms with E-state index in [-0.39, 0.29) is 51.0 Å². The van der Waals surface area contributed by atoms with E-state index in [1.807, 2.05) is 18.3 Å². The van der Waals surface area contributed by atoms with E-state index in [2.05, 4.69) is 55.2 Å². The minimum atomic E-state index is 0. The van der Waals surface area contributed by atoms with Crippen LogP contribution in [0.5, 0.6) is 0 Å². The Labute approximate surface area is 157 Å². The molecule has 0 atom stereocenters. The summed E-state index contributed by atoms with van der Waals surface area (Å²) in [4.78, 5) is 4.45. The molecular weight excluding hydrogens is 380 g/mol. The van der Waals surface area contributed by atoms with Gasteiger partial charge in [0, 0.05) is 6.20 Å². The van der Waals surface area contributed by atoms with E-state index < -0.39 is 0 Å². The third kappa shape index (κ3) is 4.22. The van der Waals surface area contributed by atoms with Crippen molar-refractivity contribution < 1.29 is 51.0 Å². The Hall–Kier alpha value is -0.557. The summed E-state index contributed by atoms with van der Waals surface area (Å²) in [6, 6.07) is 17.1. The first-order valence-electron chi connectivity index (χ1n) is 6.36. The minimum absolute atomic E-state index is 0. The number of aromatic nitrogens is 1. The standard InChI is InChI=1S/C17H16N.2ClH.Zr/c1-12(2)14-10-13-6-5-7-15(16(13)11-14)17-8-3-4-9-18-17;;;/h3-12H,1-2H3;2*1H;/q-1;;;+3/p-2. The Morgan fingerprint density at radius 2 is 1.76 bits per heavy atom. The van der Waals surface area contributed by atoms with Gasteiger partial charge < -0.3 is 24.8 Å². The summed E-state index contributed by atoms with van der Waals surface area (Å²) in [6.07, 6.45) is 1.85. The number of nitrogens with zero attached hydrogens (tertiary/aromatic N) is 1. The summed E-state index contributed by atoms with van der Waals surface area (Å²) >= 11 is 0. The Morgan fingerprint density at radius 1 is 1.00 bits per heavy atom. The summed E-state index contributed by atoms with van der Waals surface area (Å²) in [5, 5.41) is 2.61. The first kappa shape index (κ1) is 20.4. The molecule has 4 heteroatoms. The fraction of sp³-hybridized carbons (Fsp3) is 0.176. The van der Waals surface area contributed by atoms with Crippen LogP contribution < -0.4 is 24.8 Å². The number of rotatable bonds is 2. The molecule has 0 aliphatic carbocycles. The van der Waals surface area contributed by atoms with Crippen LogP contribution in [0.25, 0.3) is 22.0 Å². The number of halogens is 2. The van der Waals surface area contributed by atoms with Crippen molar-refractivity contribution in [3.8, 4) is 11.3 Å². The number of fused-ring (bicyclic) bond motifs is 1. The van der Waals surface area contributed by atoms with Crippen molar-refractivity contribution in [2.75, 3.05) is 0 Å². The van der Waals surface area contributed by atoms with E-state index in [4.69, 9.17) is 0 Å². The predicted molar refractivity (Wildman–Crippen MR) is 76.9 cm³/mol. The minimum Gasteiger partial charge on any atom is -1.00 e. The molecule has 0 saturated carbocycles. The first-order valence-corrected chi connectivity index (χ1v) is 6.36. The summed E-state index contributed by atoms with van der Waals surface area (Å²) in [7, 11) is 0. The van der Waals surface area contributed by atoms with Gasteiger partial charge in [0.15, 0.2) is 0 Å². The van der Waals surface area contributed by atoms with E-state index in [1.165, 1.54) is 21.9 Å². The van der Waals surface area contributed by atoms with E-state index in [0.717, 1.165) is 5.69 Å². The summed E-state index contributed by atoms with van der Waals surface area (Å²) in [5.74, 6) is 0.564. The number of hydrogen-bond acceptors (Lipinski definition) is 1. The van der Waals surface area contributed by atoms with Crippen LogP contribution >= 0.6 is 0 Å².